The van der Waals surface area contributed by atoms with E-state index in [-0.39, 0.29) is 0 Å². The van der Waals surface area contributed by atoms with E-state index in [9.17, 15) is 0 Å². The van der Waals surface area contributed by atoms with Gasteiger partial charge in [-0.05, 0) is 47.6 Å². The van der Waals surface area contributed by atoms with Crippen molar-refractivity contribution < 1.29 is 0 Å². The molecule has 1 heterocycles. The normalized spacial score (nSPS) is 10.5. The Labute approximate surface area is 101 Å². The number of aromatic nitrogens is 2. The van der Waals surface area contributed by atoms with Gasteiger partial charge in [-0.25, -0.2) is 0 Å². The number of halogens is 1. The Morgan fingerprint density at radius 3 is 2.29 bits per heavy atom. The summed E-state index contributed by atoms with van der Waals surface area (Å²) >= 11 is 3.83. The SMILES string of the molecule is Cc1cccc(C)c1-c1nnc(I)s1. The van der Waals surface area contributed by atoms with E-state index in [1.54, 1.807) is 11.3 Å². The van der Waals surface area contributed by atoms with Crippen LogP contribution in [0.5, 0.6) is 0 Å². The molecule has 0 aliphatic heterocycles. The summed E-state index contributed by atoms with van der Waals surface area (Å²) in [5.74, 6) is 0. The lowest BCUT2D eigenvalue weighted by Crippen LogP contribution is -1.86. The molecule has 0 atom stereocenters. The van der Waals surface area contributed by atoms with Gasteiger partial charge in [-0.15, -0.1) is 10.2 Å². The van der Waals surface area contributed by atoms with Gasteiger partial charge in [0.1, 0.15) is 5.01 Å². The van der Waals surface area contributed by atoms with Crippen molar-refractivity contribution in [3.8, 4) is 10.6 Å². The zero-order valence-electron chi connectivity index (χ0n) is 7.91. The number of nitrogens with zero attached hydrogens (tertiary/aromatic N) is 2. The minimum absolute atomic E-state index is 0.986. The van der Waals surface area contributed by atoms with Crippen LogP contribution in [0.4, 0.5) is 0 Å². The van der Waals surface area contributed by atoms with Gasteiger partial charge in [0.25, 0.3) is 0 Å². The molecule has 2 nitrogen and oxygen atoms in total. The third-order valence-corrected chi connectivity index (χ3v) is 3.70. The molecule has 1 aromatic heterocycles. The highest BCUT2D eigenvalue weighted by atomic mass is 127. The minimum atomic E-state index is 0.986. The average Bonchev–Trinajstić information content (AvgIpc) is 2.51. The molecule has 0 saturated carbocycles. The first-order valence-electron chi connectivity index (χ1n) is 4.24. The van der Waals surface area contributed by atoms with Crippen molar-refractivity contribution in [2.75, 3.05) is 0 Å². The topological polar surface area (TPSA) is 25.8 Å². The maximum atomic E-state index is 4.17. The number of hydrogen-bond acceptors (Lipinski definition) is 3. The molecule has 0 saturated heterocycles. The van der Waals surface area contributed by atoms with Gasteiger partial charge in [0.05, 0.1) is 0 Å². The molecule has 0 N–H and O–H groups in total. The predicted octanol–water partition coefficient (Wildman–Crippen LogP) is 3.43. The molecule has 0 radical (unpaired) electrons. The lowest BCUT2D eigenvalue weighted by molar-refractivity contribution is 1.07. The second-order valence-corrected chi connectivity index (χ2v) is 5.86. The lowest BCUT2D eigenvalue weighted by atomic mass is 10.0. The lowest BCUT2D eigenvalue weighted by Gasteiger charge is -2.04. The molecule has 0 aliphatic carbocycles. The fourth-order valence-electron chi connectivity index (χ4n) is 1.46. The Morgan fingerprint density at radius 2 is 1.79 bits per heavy atom. The molecular weight excluding hydrogens is 307 g/mol. The zero-order valence-corrected chi connectivity index (χ0v) is 10.9. The van der Waals surface area contributed by atoms with Crippen LogP contribution in [-0.2, 0) is 0 Å². The molecule has 0 amide bonds. The number of benzene rings is 1. The standard InChI is InChI=1S/C10H9IN2S/c1-6-4-3-5-7(2)8(6)9-12-13-10(11)14-9/h3-5H,1-2H3. The highest BCUT2D eigenvalue weighted by Gasteiger charge is 2.09. The second kappa shape index (κ2) is 3.94. The van der Waals surface area contributed by atoms with Crippen molar-refractivity contribution >= 4 is 33.9 Å². The van der Waals surface area contributed by atoms with Crippen molar-refractivity contribution in [1.29, 1.82) is 0 Å². The van der Waals surface area contributed by atoms with Gasteiger partial charge in [-0.3, -0.25) is 0 Å². The largest absolute Gasteiger partial charge is 0.178 e. The van der Waals surface area contributed by atoms with Crippen molar-refractivity contribution in [3.63, 3.8) is 0 Å². The molecule has 0 fully saturated rings. The Morgan fingerprint density at radius 1 is 1.14 bits per heavy atom. The smallest absolute Gasteiger partial charge is 0.137 e. The monoisotopic (exact) mass is 316 g/mol. The molecule has 4 heteroatoms. The Balaban J connectivity index is 2.61. The third-order valence-electron chi connectivity index (χ3n) is 2.10. The predicted molar refractivity (Wildman–Crippen MR) is 67.5 cm³/mol. The van der Waals surface area contributed by atoms with Crippen molar-refractivity contribution in [2.45, 2.75) is 13.8 Å². The fourth-order valence-corrected chi connectivity index (χ4v) is 2.94. The summed E-state index contributed by atoms with van der Waals surface area (Å²) in [5.41, 5.74) is 3.75. The molecule has 0 aliphatic rings. The van der Waals surface area contributed by atoms with Crippen molar-refractivity contribution in [3.05, 3.63) is 32.3 Å². The van der Waals surface area contributed by atoms with Crippen LogP contribution >= 0.6 is 33.9 Å². The van der Waals surface area contributed by atoms with E-state index in [2.05, 4.69) is 64.8 Å². The van der Waals surface area contributed by atoms with E-state index < -0.39 is 0 Å². The van der Waals surface area contributed by atoms with Gasteiger partial charge in [0.15, 0.2) is 3.01 Å². The average molecular weight is 316 g/mol. The maximum Gasteiger partial charge on any atom is 0.178 e. The highest BCUT2D eigenvalue weighted by molar-refractivity contribution is 14.1. The van der Waals surface area contributed by atoms with Gasteiger partial charge < -0.3 is 0 Å². The quantitative estimate of drug-likeness (QED) is 0.753. The summed E-state index contributed by atoms with van der Waals surface area (Å²) in [6, 6.07) is 6.29. The summed E-state index contributed by atoms with van der Waals surface area (Å²) < 4.78 is 0.986. The van der Waals surface area contributed by atoms with E-state index in [0.29, 0.717) is 0 Å². The van der Waals surface area contributed by atoms with Crippen LogP contribution in [0.15, 0.2) is 18.2 Å². The molecule has 72 valence electrons. The second-order valence-electron chi connectivity index (χ2n) is 3.13. The number of aryl methyl sites for hydroxylation is 2. The molecule has 2 aromatic rings. The van der Waals surface area contributed by atoms with Crippen LogP contribution in [0.2, 0.25) is 0 Å². The maximum absolute atomic E-state index is 4.17. The van der Waals surface area contributed by atoms with Crippen molar-refractivity contribution in [1.82, 2.24) is 10.2 Å². The van der Waals surface area contributed by atoms with Gasteiger partial charge in [-0.1, -0.05) is 29.5 Å². The van der Waals surface area contributed by atoms with Crippen LogP contribution in [0.25, 0.3) is 10.6 Å². The summed E-state index contributed by atoms with van der Waals surface area (Å²) in [6.07, 6.45) is 0. The van der Waals surface area contributed by atoms with Crippen LogP contribution in [0, 0.1) is 16.9 Å². The first-order valence-corrected chi connectivity index (χ1v) is 6.13. The van der Waals surface area contributed by atoms with Crippen LogP contribution in [0.3, 0.4) is 0 Å². The van der Waals surface area contributed by atoms with Gasteiger partial charge in [0, 0.05) is 5.56 Å². The molecule has 0 spiro atoms. The van der Waals surface area contributed by atoms with E-state index >= 15 is 0 Å². The molecule has 0 unspecified atom stereocenters. The van der Waals surface area contributed by atoms with E-state index in [4.69, 9.17) is 0 Å². The minimum Gasteiger partial charge on any atom is -0.137 e. The summed E-state index contributed by atoms with van der Waals surface area (Å²) in [7, 11) is 0. The summed E-state index contributed by atoms with van der Waals surface area (Å²) in [5, 5.41) is 9.22. The van der Waals surface area contributed by atoms with Gasteiger partial charge in [-0.2, -0.15) is 0 Å². The Hall–Kier alpha value is -0.490. The summed E-state index contributed by atoms with van der Waals surface area (Å²) in [6.45, 7) is 4.22. The van der Waals surface area contributed by atoms with Gasteiger partial charge >= 0.3 is 0 Å². The molecule has 1 aromatic carbocycles. The first kappa shape index (κ1) is 10.0. The summed E-state index contributed by atoms with van der Waals surface area (Å²) in [4.78, 5) is 0. The van der Waals surface area contributed by atoms with Crippen LogP contribution < -0.4 is 0 Å². The number of hydrogen-bond donors (Lipinski definition) is 0. The highest BCUT2D eigenvalue weighted by Crippen LogP contribution is 2.29. The van der Waals surface area contributed by atoms with Crippen LogP contribution in [0.1, 0.15) is 11.1 Å². The van der Waals surface area contributed by atoms with E-state index in [0.717, 1.165) is 8.02 Å². The van der Waals surface area contributed by atoms with Crippen molar-refractivity contribution in [2.24, 2.45) is 0 Å². The Kier molecular flexibility index (Phi) is 2.83. The van der Waals surface area contributed by atoms with E-state index in [1.165, 1.54) is 16.7 Å². The first-order chi connectivity index (χ1) is 6.68. The van der Waals surface area contributed by atoms with E-state index in [1.807, 2.05) is 0 Å². The number of rotatable bonds is 1. The molecule has 14 heavy (non-hydrogen) atoms. The fraction of sp³-hybridized carbons (Fsp3) is 0.200. The third kappa shape index (κ3) is 1.81. The molecular formula is C10H9IN2S. The van der Waals surface area contributed by atoms with Gasteiger partial charge in [0.2, 0.25) is 0 Å². The Bertz CT molecular complexity index is 445. The zero-order chi connectivity index (χ0) is 10.1. The molecule has 2 rings (SSSR count). The van der Waals surface area contributed by atoms with Crippen LogP contribution in [-0.4, -0.2) is 10.2 Å². The molecule has 0 bridgehead atoms.